The van der Waals surface area contributed by atoms with Crippen molar-refractivity contribution in [1.82, 2.24) is 0 Å². The first-order valence-electron chi connectivity index (χ1n) is 9.24. The molecule has 0 amide bonds. The Bertz CT molecular complexity index is 1300. The van der Waals surface area contributed by atoms with E-state index in [2.05, 4.69) is 0 Å². The second kappa shape index (κ2) is 7.43. The molecule has 5 heteroatoms. The molecule has 1 heterocycles. The zero-order chi connectivity index (χ0) is 20.5. The highest BCUT2D eigenvalue weighted by molar-refractivity contribution is 6.07. The lowest BCUT2D eigenvalue weighted by Gasteiger charge is -2.13. The molecule has 146 valence electrons. The topological polar surface area (TPSA) is 65.7 Å². The molecule has 0 fully saturated rings. The molecule has 29 heavy (non-hydrogen) atoms. The highest BCUT2D eigenvalue weighted by atomic mass is 16.5. The van der Waals surface area contributed by atoms with Crippen LogP contribution in [0.2, 0.25) is 0 Å². The number of aryl methyl sites for hydroxylation is 1. The molecular weight excluding hydrogens is 368 g/mol. The van der Waals surface area contributed by atoms with Crippen molar-refractivity contribution in [3.63, 3.8) is 0 Å². The number of hydrogen-bond donors (Lipinski definition) is 0. The van der Waals surface area contributed by atoms with Crippen LogP contribution in [0.4, 0.5) is 0 Å². The number of fused-ring (bicyclic) bond motifs is 3. The standard InChI is InChI=1S/C24H20O5/c1-14-5-4-6-16(9-14)13-28-23-12-21-19(11-22(23)27-3)18-8-7-17(15(2)25)10-20(18)24(26)29-21/h4-12H,13H2,1-3H3. The van der Waals surface area contributed by atoms with Crippen LogP contribution in [0, 0.1) is 6.92 Å². The molecule has 4 aromatic rings. The summed E-state index contributed by atoms with van der Waals surface area (Å²) in [7, 11) is 1.57. The molecule has 0 atom stereocenters. The van der Waals surface area contributed by atoms with Crippen LogP contribution < -0.4 is 15.1 Å². The molecule has 1 aromatic heterocycles. The van der Waals surface area contributed by atoms with Crippen LogP contribution in [0.3, 0.4) is 0 Å². The van der Waals surface area contributed by atoms with E-state index in [4.69, 9.17) is 13.9 Å². The fourth-order valence-electron chi connectivity index (χ4n) is 3.39. The van der Waals surface area contributed by atoms with E-state index >= 15 is 0 Å². The van der Waals surface area contributed by atoms with Crippen LogP contribution in [0.5, 0.6) is 11.5 Å². The van der Waals surface area contributed by atoms with Gasteiger partial charge in [-0.1, -0.05) is 42.0 Å². The van der Waals surface area contributed by atoms with Gasteiger partial charge in [-0.25, -0.2) is 4.79 Å². The monoisotopic (exact) mass is 388 g/mol. The van der Waals surface area contributed by atoms with Crippen molar-refractivity contribution in [2.75, 3.05) is 7.11 Å². The second-order valence-electron chi connectivity index (χ2n) is 6.98. The van der Waals surface area contributed by atoms with E-state index in [0.717, 1.165) is 16.5 Å². The normalized spacial score (nSPS) is 11.0. The summed E-state index contributed by atoms with van der Waals surface area (Å²) in [5, 5.41) is 1.78. The number of methoxy groups -OCH3 is 1. The number of carbonyl (C=O) groups is 1. The van der Waals surface area contributed by atoms with Gasteiger partial charge >= 0.3 is 5.63 Å². The summed E-state index contributed by atoms with van der Waals surface area (Å²) in [5.74, 6) is 0.921. The number of benzene rings is 3. The Morgan fingerprint density at radius 3 is 2.52 bits per heavy atom. The first-order chi connectivity index (χ1) is 14.0. The third-order valence-electron chi connectivity index (χ3n) is 4.88. The van der Waals surface area contributed by atoms with Gasteiger partial charge in [0.05, 0.1) is 12.5 Å². The van der Waals surface area contributed by atoms with Gasteiger partial charge in [-0.2, -0.15) is 0 Å². The Hall–Kier alpha value is -3.60. The molecule has 0 bridgehead atoms. The van der Waals surface area contributed by atoms with E-state index in [1.807, 2.05) is 31.2 Å². The highest BCUT2D eigenvalue weighted by Gasteiger charge is 2.14. The summed E-state index contributed by atoms with van der Waals surface area (Å²) in [4.78, 5) is 24.1. The highest BCUT2D eigenvalue weighted by Crippen LogP contribution is 2.35. The number of Topliss-reactive ketones (excluding diaryl/α,β-unsaturated/α-hetero) is 1. The Balaban J connectivity index is 1.81. The smallest absolute Gasteiger partial charge is 0.344 e. The average molecular weight is 388 g/mol. The number of hydrogen-bond acceptors (Lipinski definition) is 5. The SMILES string of the molecule is COc1cc2c(cc1OCc1cccc(C)c1)oc(=O)c1cc(C(C)=O)ccc12. The Morgan fingerprint density at radius 2 is 1.79 bits per heavy atom. The van der Waals surface area contributed by atoms with Gasteiger partial charge < -0.3 is 13.9 Å². The van der Waals surface area contributed by atoms with Crippen molar-refractivity contribution in [3.8, 4) is 11.5 Å². The van der Waals surface area contributed by atoms with Crippen LogP contribution in [0.25, 0.3) is 21.7 Å². The van der Waals surface area contributed by atoms with Crippen LogP contribution in [-0.4, -0.2) is 12.9 Å². The third kappa shape index (κ3) is 3.59. The van der Waals surface area contributed by atoms with Crippen LogP contribution in [0.15, 0.2) is 63.8 Å². The van der Waals surface area contributed by atoms with Gasteiger partial charge in [0.1, 0.15) is 12.2 Å². The van der Waals surface area contributed by atoms with Crippen molar-refractivity contribution in [3.05, 3.63) is 81.7 Å². The first kappa shape index (κ1) is 18.7. The van der Waals surface area contributed by atoms with E-state index in [1.165, 1.54) is 6.92 Å². The molecule has 4 rings (SSSR count). The summed E-state index contributed by atoms with van der Waals surface area (Å²) < 4.78 is 17.0. The molecule has 5 nitrogen and oxygen atoms in total. The largest absolute Gasteiger partial charge is 0.493 e. The van der Waals surface area contributed by atoms with Gasteiger partial charge in [-0.15, -0.1) is 0 Å². The number of carbonyl (C=O) groups excluding carboxylic acids is 1. The lowest BCUT2D eigenvalue weighted by atomic mass is 10.0. The predicted octanol–water partition coefficient (Wildman–Crippen LogP) is 5.04. The fourth-order valence-corrected chi connectivity index (χ4v) is 3.39. The zero-order valence-electron chi connectivity index (χ0n) is 16.4. The molecular formula is C24H20O5. The van der Waals surface area contributed by atoms with Gasteiger partial charge in [-0.05, 0) is 31.5 Å². The molecule has 0 spiro atoms. The maximum Gasteiger partial charge on any atom is 0.344 e. The molecule has 0 unspecified atom stereocenters. The average Bonchev–Trinajstić information content (AvgIpc) is 2.71. The summed E-state index contributed by atoms with van der Waals surface area (Å²) in [6, 6.07) is 16.5. The lowest BCUT2D eigenvalue weighted by molar-refractivity contribution is 0.101. The van der Waals surface area contributed by atoms with E-state index in [0.29, 0.717) is 40.0 Å². The predicted molar refractivity (Wildman–Crippen MR) is 112 cm³/mol. The fraction of sp³-hybridized carbons (Fsp3) is 0.167. The molecule has 0 radical (unpaired) electrons. The second-order valence-corrected chi connectivity index (χ2v) is 6.98. The van der Waals surface area contributed by atoms with E-state index in [9.17, 15) is 9.59 Å². The maximum atomic E-state index is 12.5. The zero-order valence-corrected chi connectivity index (χ0v) is 16.4. The van der Waals surface area contributed by atoms with Gasteiger partial charge in [0.15, 0.2) is 17.3 Å². The summed E-state index contributed by atoms with van der Waals surface area (Å²) >= 11 is 0. The maximum absolute atomic E-state index is 12.5. The van der Waals surface area contributed by atoms with Gasteiger partial charge in [0, 0.05) is 22.4 Å². The van der Waals surface area contributed by atoms with Crippen molar-refractivity contribution >= 4 is 27.5 Å². The van der Waals surface area contributed by atoms with Gasteiger partial charge in [0.25, 0.3) is 0 Å². The van der Waals surface area contributed by atoms with E-state index in [1.54, 1.807) is 37.4 Å². The van der Waals surface area contributed by atoms with Crippen molar-refractivity contribution < 1.29 is 18.7 Å². The molecule has 0 saturated heterocycles. The van der Waals surface area contributed by atoms with E-state index in [-0.39, 0.29) is 5.78 Å². The Kier molecular flexibility index (Phi) is 4.80. The quantitative estimate of drug-likeness (QED) is 0.272. The van der Waals surface area contributed by atoms with Crippen molar-refractivity contribution in [2.45, 2.75) is 20.5 Å². The first-order valence-corrected chi connectivity index (χ1v) is 9.24. The number of rotatable bonds is 5. The Labute approximate surface area is 167 Å². The summed E-state index contributed by atoms with van der Waals surface area (Å²) in [5.41, 5.74) is 2.56. The molecule has 0 aliphatic carbocycles. The molecule has 0 aliphatic heterocycles. The van der Waals surface area contributed by atoms with Crippen molar-refractivity contribution in [1.29, 1.82) is 0 Å². The molecule has 3 aromatic carbocycles. The van der Waals surface area contributed by atoms with Crippen LogP contribution in [0.1, 0.15) is 28.4 Å². The van der Waals surface area contributed by atoms with E-state index < -0.39 is 5.63 Å². The minimum absolute atomic E-state index is 0.108. The minimum atomic E-state index is -0.495. The molecule has 0 saturated carbocycles. The van der Waals surface area contributed by atoms with Gasteiger partial charge in [-0.3, -0.25) is 4.79 Å². The molecule has 0 N–H and O–H groups in total. The number of ether oxygens (including phenoxy) is 2. The summed E-state index contributed by atoms with van der Waals surface area (Å²) in [6.45, 7) is 3.85. The third-order valence-corrected chi connectivity index (χ3v) is 4.88. The number of ketones is 1. The Morgan fingerprint density at radius 1 is 0.966 bits per heavy atom. The van der Waals surface area contributed by atoms with Crippen molar-refractivity contribution in [2.24, 2.45) is 0 Å². The van der Waals surface area contributed by atoms with Crippen LogP contribution >= 0.6 is 0 Å². The lowest BCUT2D eigenvalue weighted by Crippen LogP contribution is -2.03. The summed E-state index contributed by atoms with van der Waals surface area (Å²) in [6.07, 6.45) is 0. The minimum Gasteiger partial charge on any atom is -0.493 e. The van der Waals surface area contributed by atoms with Crippen LogP contribution in [-0.2, 0) is 6.61 Å². The molecule has 0 aliphatic rings. The van der Waals surface area contributed by atoms with Gasteiger partial charge in [0.2, 0.25) is 0 Å².